The number of ether oxygens (including phenoxy) is 1. The zero-order chi connectivity index (χ0) is 13.5. The molecule has 0 aliphatic heterocycles. The molecule has 1 rings (SSSR count). The van der Waals surface area contributed by atoms with Crippen molar-refractivity contribution in [2.24, 2.45) is 0 Å². The van der Waals surface area contributed by atoms with Gasteiger partial charge in [0.05, 0.1) is 12.2 Å². The van der Waals surface area contributed by atoms with Gasteiger partial charge in [0.15, 0.2) is 5.78 Å². The Hall–Kier alpha value is -1.26. The lowest BCUT2D eigenvalue weighted by atomic mass is 10.1. The van der Waals surface area contributed by atoms with Crippen LogP contribution >= 0.6 is 0 Å². The van der Waals surface area contributed by atoms with Crippen LogP contribution < -0.4 is 0 Å². The first kappa shape index (κ1) is 14.8. The number of nitrogens with zero attached hydrogens (tertiary/aromatic N) is 1. The van der Waals surface area contributed by atoms with Crippen LogP contribution in [0.4, 0.5) is 4.39 Å². The third kappa shape index (κ3) is 4.20. The van der Waals surface area contributed by atoms with Gasteiger partial charge >= 0.3 is 0 Å². The maximum Gasteiger partial charge on any atom is 0.167 e. The molecule has 1 aromatic carbocycles. The highest BCUT2D eigenvalue weighted by molar-refractivity contribution is 5.96. The first-order valence-corrected chi connectivity index (χ1v) is 6.03. The first-order valence-electron chi connectivity index (χ1n) is 6.03. The van der Waals surface area contributed by atoms with Crippen LogP contribution in [0.15, 0.2) is 24.3 Å². The van der Waals surface area contributed by atoms with Gasteiger partial charge in [-0.05, 0) is 26.1 Å². The summed E-state index contributed by atoms with van der Waals surface area (Å²) in [6, 6.07) is 6.33. The molecule has 0 heterocycles. The highest BCUT2D eigenvalue weighted by atomic mass is 19.1. The molecule has 0 amide bonds. The Labute approximate surface area is 108 Å². The predicted octanol–water partition coefficient (Wildman–Crippen LogP) is 2.37. The standard InChI is InChI=1S/C14H20FNO2/c1-11(10-18-3)16(2)9-8-14(17)12-6-4-5-7-13(12)15/h4-7,11H,8-10H2,1-3H3. The number of ketones is 1. The molecule has 0 bridgehead atoms. The second-order valence-electron chi connectivity index (χ2n) is 4.44. The Bertz CT molecular complexity index is 395. The molecule has 0 aromatic heterocycles. The third-order valence-corrected chi connectivity index (χ3v) is 3.03. The van der Waals surface area contributed by atoms with E-state index in [2.05, 4.69) is 0 Å². The van der Waals surface area contributed by atoms with Gasteiger partial charge in [-0.1, -0.05) is 12.1 Å². The van der Waals surface area contributed by atoms with Crippen LogP contribution in [-0.2, 0) is 4.74 Å². The predicted molar refractivity (Wildman–Crippen MR) is 69.3 cm³/mol. The molecule has 0 N–H and O–H groups in total. The summed E-state index contributed by atoms with van der Waals surface area (Å²) in [6.07, 6.45) is 0.311. The van der Waals surface area contributed by atoms with Gasteiger partial charge < -0.3 is 9.64 Å². The summed E-state index contributed by atoms with van der Waals surface area (Å²) in [4.78, 5) is 13.9. The van der Waals surface area contributed by atoms with Crippen molar-refractivity contribution in [2.45, 2.75) is 19.4 Å². The number of rotatable bonds is 7. The van der Waals surface area contributed by atoms with Gasteiger partial charge in [-0.15, -0.1) is 0 Å². The van der Waals surface area contributed by atoms with Crippen molar-refractivity contribution in [3.63, 3.8) is 0 Å². The van der Waals surface area contributed by atoms with Crippen LogP contribution in [0.3, 0.4) is 0 Å². The van der Waals surface area contributed by atoms with Gasteiger partial charge in [-0.3, -0.25) is 4.79 Å². The molecule has 0 saturated carbocycles. The number of halogens is 1. The maximum absolute atomic E-state index is 13.4. The third-order valence-electron chi connectivity index (χ3n) is 3.03. The van der Waals surface area contributed by atoms with Gasteiger partial charge in [-0.25, -0.2) is 4.39 Å². The van der Waals surface area contributed by atoms with Crippen molar-refractivity contribution in [2.75, 3.05) is 27.3 Å². The van der Waals surface area contributed by atoms with E-state index in [1.54, 1.807) is 19.2 Å². The molecular formula is C14H20FNO2. The van der Waals surface area contributed by atoms with Crippen molar-refractivity contribution in [3.8, 4) is 0 Å². The molecular weight excluding hydrogens is 233 g/mol. The quantitative estimate of drug-likeness (QED) is 0.699. The van der Waals surface area contributed by atoms with Gasteiger partial charge in [0.25, 0.3) is 0 Å². The zero-order valence-corrected chi connectivity index (χ0v) is 11.1. The minimum atomic E-state index is -0.449. The molecule has 0 fully saturated rings. The number of likely N-dealkylation sites (N-methyl/N-ethyl adjacent to an activating group) is 1. The van der Waals surface area contributed by atoms with E-state index in [1.165, 1.54) is 12.1 Å². The molecule has 0 saturated heterocycles. The summed E-state index contributed by atoms with van der Waals surface area (Å²) >= 11 is 0. The van der Waals surface area contributed by atoms with Crippen molar-refractivity contribution >= 4 is 5.78 Å². The minimum absolute atomic E-state index is 0.162. The molecule has 0 aliphatic carbocycles. The van der Waals surface area contributed by atoms with E-state index in [1.807, 2.05) is 18.9 Å². The molecule has 4 heteroatoms. The van der Waals surface area contributed by atoms with E-state index < -0.39 is 5.82 Å². The van der Waals surface area contributed by atoms with E-state index in [0.29, 0.717) is 19.6 Å². The van der Waals surface area contributed by atoms with Crippen LogP contribution in [-0.4, -0.2) is 44.0 Å². The number of carbonyl (C=O) groups is 1. The average Bonchev–Trinajstić information content (AvgIpc) is 2.36. The topological polar surface area (TPSA) is 29.5 Å². The summed E-state index contributed by atoms with van der Waals surface area (Å²) in [5.41, 5.74) is 0.172. The molecule has 3 nitrogen and oxygen atoms in total. The van der Waals surface area contributed by atoms with Crippen LogP contribution in [0.1, 0.15) is 23.7 Å². The fraction of sp³-hybridized carbons (Fsp3) is 0.500. The van der Waals surface area contributed by atoms with E-state index >= 15 is 0 Å². The van der Waals surface area contributed by atoms with E-state index in [0.717, 1.165) is 0 Å². The monoisotopic (exact) mass is 253 g/mol. The van der Waals surface area contributed by atoms with Gasteiger partial charge in [0.2, 0.25) is 0 Å². The average molecular weight is 253 g/mol. The Balaban J connectivity index is 2.49. The fourth-order valence-corrected chi connectivity index (χ4v) is 1.69. The lowest BCUT2D eigenvalue weighted by Crippen LogP contribution is -2.34. The summed E-state index contributed by atoms with van der Waals surface area (Å²) in [6.45, 7) is 3.24. The molecule has 100 valence electrons. The number of methoxy groups -OCH3 is 1. The number of benzene rings is 1. The number of carbonyl (C=O) groups excluding carboxylic acids is 1. The fourth-order valence-electron chi connectivity index (χ4n) is 1.69. The van der Waals surface area contributed by atoms with Crippen LogP contribution in [0, 0.1) is 5.82 Å². The summed E-state index contributed by atoms with van der Waals surface area (Å²) in [5, 5.41) is 0. The van der Waals surface area contributed by atoms with Crippen molar-refractivity contribution in [1.82, 2.24) is 4.90 Å². The smallest absolute Gasteiger partial charge is 0.167 e. The lowest BCUT2D eigenvalue weighted by molar-refractivity contribution is 0.0913. The molecule has 1 atom stereocenters. The van der Waals surface area contributed by atoms with Crippen LogP contribution in [0.25, 0.3) is 0 Å². The number of hydrogen-bond donors (Lipinski definition) is 0. The number of hydrogen-bond acceptors (Lipinski definition) is 3. The molecule has 1 unspecified atom stereocenters. The second kappa shape index (κ2) is 7.24. The minimum Gasteiger partial charge on any atom is -0.383 e. The Morgan fingerprint density at radius 1 is 1.44 bits per heavy atom. The van der Waals surface area contributed by atoms with E-state index in [-0.39, 0.29) is 17.4 Å². The molecule has 1 aromatic rings. The zero-order valence-electron chi connectivity index (χ0n) is 11.1. The number of Topliss-reactive ketones (excluding diaryl/α,β-unsaturated/α-hetero) is 1. The van der Waals surface area contributed by atoms with Crippen molar-refractivity contribution in [3.05, 3.63) is 35.6 Å². The van der Waals surface area contributed by atoms with E-state index in [9.17, 15) is 9.18 Å². The largest absolute Gasteiger partial charge is 0.383 e. The lowest BCUT2D eigenvalue weighted by Gasteiger charge is -2.23. The van der Waals surface area contributed by atoms with Crippen molar-refractivity contribution in [1.29, 1.82) is 0 Å². The second-order valence-corrected chi connectivity index (χ2v) is 4.44. The summed E-state index contributed by atoms with van der Waals surface area (Å²) in [7, 11) is 3.58. The highest BCUT2D eigenvalue weighted by Gasteiger charge is 2.14. The molecule has 0 aliphatic rings. The highest BCUT2D eigenvalue weighted by Crippen LogP contribution is 2.10. The van der Waals surface area contributed by atoms with Crippen molar-refractivity contribution < 1.29 is 13.9 Å². The van der Waals surface area contributed by atoms with Gasteiger partial charge in [0.1, 0.15) is 5.82 Å². The Morgan fingerprint density at radius 3 is 2.72 bits per heavy atom. The molecule has 18 heavy (non-hydrogen) atoms. The van der Waals surface area contributed by atoms with Crippen LogP contribution in [0.5, 0.6) is 0 Å². The van der Waals surface area contributed by atoms with Gasteiger partial charge in [0, 0.05) is 26.1 Å². The maximum atomic E-state index is 13.4. The molecule has 0 spiro atoms. The summed E-state index contributed by atoms with van der Waals surface area (Å²) < 4.78 is 18.4. The first-order chi connectivity index (χ1) is 8.56. The van der Waals surface area contributed by atoms with E-state index in [4.69, 9.17) is 4.74 Å². The van der Waals surface area contributed by atoms with Crippen LogP contribution in [0.2, 0.25) is 0 Å². The SMILES string of the molecule is COCC(C)N(C)CCC(=O)c1ccccc1F. The Kier molecular flexibility index (Phi) is 5.95. The normalized spacial score (nSPS) is 12.7. The summed E-state index contributed by atoms with van der Waals surface area (Å²) in [5.74, 6) is -0.611. The molecule has 0 radical (unpaired) electrons. The Morgan fingerprint density at radius 2 is 2.11 bits per heavy atom. The van der Waals surface area contributed by atoms with Gasteiger partial charge in [-0.2, -0.15) is 0 Å².